The number of aromatic amines is 1. The van der Waals surface area contributed by atoms with Crippen molar-refractivity contribution >= 4 is 28.1 Å². The minimum Gasteiger partial charge on any atom is -0.272 e. The third-order valence-electron chi connectivity index (χ3n) is 2.89. The summed E-state index contributed by atoms with van der Waals surface area (Å²) in [6.07, 6.45) is 0. The second-order valence-electron chi connectivity index (χ2n) is 4.77. The van der Waals surface area contributed by atoms with E-state index in [-0.39, 0.29) is 0 Å². The second-order valence-corrected chi connectivity index (χ2v) is 5.95. The smallest absolute Gasteiger partial charge is 0.199 e. The van der Waals surface area contributed by atoms with Gasteiger partial charge < -0.3 is 0 Å². The lowest BCUT2D eigenvalue weighted by atomic mass is 10.1. The van der Waals surface area contributed by atoms with Crippen molar-refractivity contribution in [2.75, 3.05) is 0 Å². The van der Waals surface area contributed by atoms with Crippen LogP contribution in [0.1, 0.15) is 36.7 Å². The van der Waals surface area contributed by atoms with Crippen LogP contribution in [0.3, 0.4) is 0 Å². The molecule has 0 bridgehead atoms. The predicted molar refractivity (Wildman–Crippen MR) is 80.0 cm³/mol. The Hall–Kier alpha value is -0.940. The van der Waals surface area contributed by atoms with Crippen LogP contribution in [0.4, 0.5) is 0 Å². The molecule has 0 amide bonds. The monoisotopic (exact) mass is 325 g/mol. The standard InChI is InChI=1S/C13H16BrN3S/c1-7(2)12-15-16-13(18)17(12)10-5-8(3)11(14)9(4)6-10/h5-7H,1-4H3,(H,16,18). The molecule has 5 heteroatoms. The molecule has 0 radical (unpaired) electrons. The van der Waals surface area contributed by atoms with Crippen molar-refractivity contribution in [2.45, 2.75) is 33.6 Å². The number of benzene rings is 1. The number of rotatable bonds is 2. The molecular formula is C13H16BrN3S. The summed E-state index contributed by atoms with van der Waals surface area (Å²) in [4.78, 5) is 0. The van der Waals surface area contributed by atoms with E-state index in [0.29, 0.717) is 10.7 Å². The average Bonchev–Trinajstić information content (AvgIpc) is 2.67. The third kappa shape index (κ3) is 2.29. The normalized spacial score (nSPS) is 11.2. The molecule has 96 valence electrons. The number of halogens is 1. The topological polar surface area (TPSA) is 33.6 Å². The molecule has 3 nitrogen and oxygen atoms in total. The van der Waals surface area contributed by atoms with Crippen LogP contribution < -0.4 is 0 Å². The van der Waals surface area contributed by atoms with Crippen molar-refractivity contribution in [2.24, 2.45) is 0 Å². The van der Waals surface area contributed by atoms with E-state index in [4.69, 9.17) is 12.2 Å². The lowest BCUT2D eigenvalue weighted by Crippen LogP contribution is -2.04. The minimum absolute atomic E-state index is 0.321. The van der Waals surface area contributed by atoms with Crippen LogP contribution in [-0.2, 0) is 0 Å². The first-order chi connectivity index (χ1) is 8.41. The fourth-order valence-corrected chi connectivity index (χ4v) is 2.47. The Morgan fingerprint density at radius 3 is 2.33 bits per heavy atom. The molecule has 1 N–H and O–H groups in total. The van der Waals surface area contributed by atoms with Gasteiger partial charge in [-0.05, 0) is 49.3 Å². The molecule has 0 spiro atoms. The van der Waals surface area contributed by atoms with Gasteiger partial charge in [-0.15, -0.1) is 0 Å². The molecule has 0 saturated carbocycles. The van der Waals surface area contributed by atoms with Crippen molar-refractivity contribution < 1.29 is 0 Å². The van der Waals surface area contributed by atoms with Gasteiger partial charge in [0.2, 0.25) is 0 Å². The van der Waals surface area contributed by atoms with Gasteiger partial charge in [0.25, 0.3) is 0 Å². The first kappa shape index (κ1) is 13.5. The highest BCUT2D eigenvalue weighted by Gasteiger charge is 2.13. The fraction of sp³-hybridized carbons (Fsp3) is 0.385. The molecule has 0 aliphatic carbocycles. The number of nitrogens with one attached hydrogen (secondary N) is 1. The van der Waals surface area contributed by atoms with Crippen molar-refractivity contribution in [3.8, 4) is 5.69 Å². The molecule has 0 saturated heterocycles. The quantitative estimate of drug-likeness (QED) is 0.828. The summed E-state index contributed by atoms with van der Waals surface area (Å²) in [5.74, 6) is 1.28. The lowest BCUT2D eigenvalue weighted by molar-refractivity contribution is 0.744. The number of aryl methyl sites for hydroxylation is 2. The molecule has 1 heterocycles. The number of H-pyrrole nitrogens is 1. The van der Waals surface area contributed by atoms with Crippen molar-refractivity contribution in [1.82, 2.24) is 14.8 Å². The van der Waals surface area contributed by atoms with Gasteiger partial charge in [-0.1, -0.05) is 29.8 Å². The van der Waals surface area contributed by atoms with Crippen LogP contribution in [0, 0.1) is 18.6 Å². The molecule has 0 unspecified atom stereocenters. The maximum Gasteiger partial charge on any atom is 0.199 e. The van der Waals surface area contributed by atoms with Crippen LogP contribution >= 0.6 is 28.1 Å². The van der Waals surface area contributed by atoms with Gasteiger partial charge in [0.05, 0.1) is 5.69 Å². The summed E-state index contributed by atoms with van der Waals surface area (Å²) in [6, 6.07) is 4.24. The zero-order valence-electron chi connectivity index (χ0n) is 10.9. The zero-order chi connectivity index (χ0) is 13.4. The number of hydrogen-bond donors (Lipinski definition) is 1. The van der Waals surface area contributed by atoms with E-state index in [1.54, 1.807) is 0 Å². The Labute approximate surface area is 120 Å². The van der Waals surface area contributed by atoms with Gasteiger partial charge in [0.15, 0.2) is 4.77 Å². The van der Waals surface area contributed by atoms with Gasteiger partial charge in [-0.25, -0.2) is 0 Å². The molecule has 0 aliphatic heterocycles. The van der Waals surface area contributed by atoms with E-state index in [2.05, 4.69) is 66.0 Å². The molecule has 0 aliphatic rings. The summed E-state index contributed by atoms with van der Waals surface area (Å²) in [6.45, 7) is 8.39. The summed E-state index contributed by atoms with van der Waals surface area (Å²) in [5, 5.41) is 7.18. The van der Waals surface area contributed by atoms with E-state index in [9.17, 15) is 0 Å². The maximum absolute atomic E-state index is 5.33. The van der Waals surface area contributed by atoms with E-state index in [0.717, 1.165) is 16.0 Å². The number of nitrogens with zero attached hydrogens (tertiary/aromatic N) is 2. The first-order valence-electron chi connectivity index (χ1n) is 5.86. The highest BCUT2D eigenvalue weighted by molar-refractivity contribution is 9.10. The Morgan fingerprint density at radius 2 is 1.83 bits per heavy atom. The van der Waals surface area contributed by atoms with Gasteiger partial charge in [-0.2, -0.15) is 5.10 Å². The summed E-state index contributed by atoms with van der Waals surface area (Å²) in [7, 11) is 0. The number of aromatic nitrogens is 3. The molecule has 1 aromatic carbocycles. The van der Waals surface area contributed by atoms with E-state index < -0.39 is 0 Å². The molecule has 18 heavy (non-hydrogen) atoms. The summed E-state index contributed by atoms with van der Waals surface area (Å²) >= 11 is 8.91. The van der Waals surface area contributed by atoms with E-state index in [1.807, 2.05) is 4.57 Å². The van der Waals surface area contributed by atoms with Gasteiger partial charge in [0.1, 0.15) is 5.82 Å². The SMILES string of the molecule is Cc1cc(-n2c(C(C)C)n[nH]c2=S)cc(C)c1Br. The summed E-state index contributed by atoms with van der Waals surface area (Å²) < 4.78 is 3.79. The molecule has 0 fully saturated rings. The van der Waals surface area contributed by atoms with E-state index in [1.165, 1.54) is 11.1 Å². The van der Waals surface area contributed by atoms with Crippen molar-refractivity contribution in [1.29, 1.82) is 0 Å². The highest BCUT2D eigenvalue weighted by atomic mass is 79.9. The fourth-order valence-electron chi connectivity index (χ4n) is 2.00. The van der Waals surface area contributed by atoms with E-state index >= 15 is 0 Å². The molecule has 2 aromatic rings. The second kappa shape index (κ2) is 4.97. The first-order valence-corrected chi connectivity index (χ1v) is 7.06. The van der Waals surface area contributed by atoms with Crippen molar-refractivity contribution in [3.05, 3.63) is 38.3 Å². The molecule has 2 rings (SSSR count). The highest BCUT2D eigenvalue weighted by Crippen LogP contribution is 2.26. The Bertz CT molecular complexity index is 617. The predicted octanol–water partition coefficient (Wildman–Crippen LogP) is 4.43. The largest absolute Gasteiger partial charge is 0.272 e. The zero-order valence-corrected chi connectivity index (χ0v) is 13.3. The van der Waals surface area contributed by atoms with Crippen LogP contribution in [0.25, 0.3) is 5.69 Å². The minimum atomic E-state index is 0.321. The molecule has 1 aromatic heterocycles. The van der Waals surface area contributed by atoms with Crippen LogP contribution in [0.2, 0.25) is 0 Å². The Kier molecular flexibility index (Phi) is 3.73. The summed E-state index contributed by atoms with van der Waals surface area (Å²) in [5.41, 5.74) is 3.46. The molecular weight excluding hydrogens is 310 g/mol. The Morgan fingerprint density at radius 1 is 1.28 bits per heavy atom. The van der Waals surface area contributed by atoms with Gasteiger partial charge in [0, 0.05) is 10.4 Å². The van der Waals surface area contributed by atoms with Crippen LogP contribution in [0.5, 0.6) is 0 Å². The van der Waals surface area contributed by atoms with Crippen molar-refractivity contribution in [3.63, 3.8) is 0 Å². The third-order valence-corrected chi connectivity index (χ3v) is 4.42. The van der Waals surface area contributed by atoms with Crippen LogP contribution in [0.15, 0.2) is 16.6 Å². The number of hydrogen-bond acceptors (Lipinski definition) is 2. The lowest BCUT2D eigenvalue weighted by Gasteiger charge is -2.12. The molecule has 0 atom stereocenters. The van der Waals surface area contributed by atoms with Gasteiger partial charge >= 0.3 is 0 Å². The average molecular weight is 326 g/mol. The maximum atomic E-state index is 5.33. The van der Waals surface area contributed by atoms with Gasteiger partial charge in [-0.3, -0.25) is 9.67 Å². The van der Waals surface area contributed by atoms with Crippen LogP contribution in [-0.4, -0.2) is 14.8 Å². The Balaban J connectivity index is 2.70.